The van der Waals surface area contributed by atoms with E-state index in [1.165, 1.54) is 21.0 Å². The van der Waals surface area contributed by atoms with Gasteiger partial charge in [-0.3, -0.25) is 0 Å². The van der Waals surface area contributed by atoms with Gasteiger partial charge in [0.15, 0.2) is 0 Å². The third-order valence-corrected chi connectivity index (χ3v) is 5.08. The predicted molar refractivity (Wildman–Crippen MR) is 88.0 cm³/mol. The zero-order chi connectivity index (χ0) is 14.1. The summed E-state index contributed by atoms with van der Waals surface area (Å²) >= 11 is 4.99. The number of rotatable bonds is 3. The number of thiophene rings is 1. The van der Waals surface area contributed by atoms with Gasteiger partial charge < -0.3 is 5.32 Å². The third kappa shape index (κ3) is 2.72. The molecule has 0 saturated carbocycles. The molecule has 1 atom stereocenters. The largest absolute Gasteiger partial charge is 0.378 e. The summed E-state index contributed by atoms with van der Waals surface area (Å²) in [6.07, 6.45) is 0. The van der Waals surface area contributed by atoms with Crippen LogP contribution >= 0.6 is 27.3 Å². The zero-order valence-electron chi connectivity index (χ0n) is 10.9. The molecule has 0 spiro atoms. The highest BCUT2D eigenvalue weighted by Gasteiger charge is 2.10. The minimum atomic E-state index is -0.245. The van der Waals surface area contributed by atoms with E-state index in [0.29, 0.717) is 4.47 Å². The van der Waals surface area contributed by atoms with E-state index < -0.39 is 0 Å². The summed E-state index contributed by atoms with van der Waals surface area (Å²) in [5.74, 6) is -0.245. The molecule has 0 aliphatic heterocycles. The summed E-state index contributed by atoms with van der Waals surface area (Å²) in [6, 6.07) is 15.7. The van der Waals surface area contributed by atoms with Crippen molar-refractivity contribution < 1.29 is 4.39 Å². The van der Waals surface area contributed by atoms with Crippen LogP contribution in [-0.4, -0.2) is 0 Å². The van der Waals surface area contributed by atoms with Crippen LogP contribution in [0.2, 0.25) is 0 Å². The summed E-state index contributed by atoms with van der Waals surface area (Å²) in [5, 5.41) is 4.67. The van der Waals surface area contributed by atoms with E-state index in [-0.39, 0.29) is 11.9 Å². The Balaban J connectivity index is 1.84. The maximum atomic E-state index is 13.2. The fourth-order valence-electron chi connectivity index (χ4n) is 2.12. The van der Waals surface area contributed by atoms with Crippen molar-refractivity contribution in [2.45, 2.75) is 13.0 Å². The molecule has 2 aromatic carbocycles. The van der Waals surface area contributed by atoms with E-state index >= 15 is 0 Å². The molecule has 0 bridgehead atoms. The molecule has 0 radical (unpaired) electrons. The van der Waals surface area contributed by atoms with Gasteiger partial charge in [0, 0.05) is 15.3 Å². The molecule has 0 fully saturated rings. The van der Waals surface area contributed by atoms with Gasteiger partial charge in [-0.05, 0) is 58.6 Å². The second-order valence-corrected chi connectivity index (χ2v) is 6.65. The molecule has 1 nitrogen and oxygen atoms in total. The molecule has 0 aliphatic rings. The van der Waals surface area contributed by atoms with E-state index in [1.807, 2.05) is 6.07 Å². The Hall–Kier alpha value is -1.39. The van der Waals surface area contributed by atoms with Crippen LogP contribution in [-0.2, 0) is 0 Å². The molecule has 0 aliphatic carbocycles. The van der Waals surface area contributed by atoms with Crippen LogP contribution in [0, 0.1) is 5.82 Å². The highest BCUT2D eigenvalue weighted by molar-refractivity contribution is 9.10. The zero-order valence-corrected chi connectivity index (χ0v) is 13.3. The van der Waals surface area contributed by atoms with Gasteiger partial charge >= 0.3 is 0 Å². The molecule has 20 heavy (non-hydrogen) atoms. The number of anilines is 1. The first-order valence-electron chi connectivity index (χ1n) is 6.33. The van der Waals surface area contributed by atoms with Gasteiger partial charge in [0.1, 0.15) is 5.82 Å². The van der Waals surface area contributed by atoms with Crippen molar-refractivity contribution in [3.05, 3.63) is 63.7 Å². The number of fused-ring (bicyclic) bond motifs is 1. The minimum Gasteiger partial charge on any atom is -0.378 e. The monoisotopic (exact) mass is 349 g/mol. The van der Waals surface area contributed by atoms with Crippen molar-refractivity contribution in [3.8, 4) is 0 Å². The average Bonchev–Trinajstić information content (AvgIpc) is 2.87. The van der Waals surface area contributed by atoms with E-state index in [4.69, 9.17) is 0 Å². The van der Waals surface area contributed by atoms with Crippen molar-refractivity contribution in [1.29, 1.82) is 0 Å². The number of hydrogen-bond donors (Lipinski definition) is 1. The maximum absolute atomic E-state index is 13.2. The van der Waals surface area contributed by atoms with Gasteiger partial charge in [0.05, 0.1) is 10.5 Å². The second-order valence-electron chi connectivity index (χ2n) is 4.68. The standard InChI is InChI=1S/C16H13BrFNS/c1-10(19-12-6-7-14(18)13(17)9-12)16-8-11-4-2-3-5-15(11)20-16/h2-10,19H,1H3. The highest BCUT2D eigenvalue weighted by Crippen LogP contribution is 2.32. The Labute approximate surface area is 129 Å². The van der Waals surface area contributed by atoms with Crippen molar-refractivity contribution in [2.75, 3.05) is 5.32 Å². The van der Waals surface area contributed by atoms with Crippen LogP contribution < -0.4 is 5.32 Å². The lowest BCUT2D eigenvalue weighted by Crippen LogP contribution is -2.04. The lowest BCUT2D eigenvalue weighted by molar-refractivity contribution is 0.621. The van der Waals surface area contributed by atoms with Gasteiger partial charge in [-0.15, -0.1) is 11.3 Å². The number of benzene rings is 2. The summed E-state index contributed by atoms with van der Waals surface area (Å²) in [7, 11) is 0. The van der Waals surface area contributed by atoms with Gasteiger partial charge in [-0.1, -0.05) is 18.2 Å². The first kappa shape index (κ1) is 13.6. The van der Waals surface area contributed by atoms with Gasteiger partial charge in [0.2, 0.25) is 0 Å². The number of nitrogens with one attached hydrogen (secondary N) is 1. The lowest BCUT2D eigenvalue weighted by atomic mass is 10.2. The molecule has 4 heteroatoms. The SMILES string of the molecule is CC(Nc1ccc(F)c(Br)c1)c1cc2ccccc2s1. The van der Waals surface area contributed by atoms with Crippen molar-refractivity contribution in [1.82, 2.24) is 0 Å². The normalized spacial score (nSPS) is 12.6. The van der Waals surface area contributed by atoms with Crippen molar-refractivity contribution in [2.24, 2.45) is 0 Å². The second kappa shape index (κ2) is 5.54. The summed E-state index contributed by atoms with van der Waals surface area (Å²) in [6.45, 7) is 2.11. The highest BCUT2D eigenvalue weighted by atomic mass is 79.9. The summed E-state index contributed by atoms with van der Waals surface area (Å²) in [5.41, 5.74) is 0.906. The molecule has 3 rings (SSSR count). The molecule has 1 unspecified atom stereocenters. The summed E-state index contributed by atoms with van der Waals surface area (Å²) in [4.78, 5) is 1.27. The van der Waals surface area contributed by atoms with Gasteiger partial charge in [-0.25, -0.2) is 4.39 Å². The lowest BCUT2D eigenvalue weighted by Gasteiger charge is -2.14. The van der Waals surface area contributed by atoms with Gasteiger partial charge in [0.25, 0.3) is 0 Å². The fourth-order valence-corrected chi connectivity index (χ4v) is 3.57. The molecule has 3 aromatic rings. The molecule has 1 N–H and O–H groups in total. The number of hydrogen-bond acceptors (Lipinski definition) is 2. The number of halogens is 2. The molecule has 0 amide bonds. The van der Waals surface area contributed by atoms with E-state index in [0.717, 1.165) is 5.69 Å². The van der Waals surface area contributed by atoms with E-state index in [2.05, 4.69) is 52.4 Å². The predicted octanol–water partition coefficient (Wildman–Crippen LogP) is 5.98. The van der Waals surface area contributed by atoms with Crippen molar-refractivity contribution >= 4 is 43.0 Å². The Morgan fingerprint density at radius 2 is 1.95 bits per heavy atom. The minimum absolute atomic E-state index is 0.185. The quantitative estimate of drug-likeness (QED) is 0.613. The van der Waals surface area contributed by atoms with Crippen LogP contribution in [0.1, 0.15) is 17.8 Å². The summed E-state index contributed by atoms with van der Waals surface area (Å²) < 4.78 is 15.0. The molecule has 0 saturated heterocycles. The topological polar surface area (TPSA) is 12.0 Å². The first-order chi connectivity index (χ1) is 9.63. The van der Waals surface area contributed by atoms with E-state index in [1.54, 1.807) is 23.5 Å². The third-order valence-electron chi connectivity index (χ3n) is 3.17. The van der Waals surface area contributed by atoms with Crippen LogP contribution in [0.4, 0.5) is 10.1 Å². The first-order valence-corrected chi connectivity index (χ1v) is 7.94. The Kier molecular flexibility index (Phi) is 3.76. The van der Waals surface area contributed by atoms with Crippen LogP contribution in [0.5, 0.6) is 0 Å². The molecule has 102 valence electrons. The Morgan fingerprint density at radius 1 is 1.15 bits per heavy atom. The van der Waals surface area contributed by atoms with Crippen LogP contribution in [0.25, 0.3) is 10.1 Å². The molecule has 1 heterocycles. The molecule has 1 aromatic heterocycles. The Morgan fingerprint density at radius 3 is 2.70 bits per heavy atom. The fraction of sp³-hybridized carbons (Fsp3) is 0.125. The van der Waals surface area contributed by atoms with Crippen molar-refractivity contribution in [3.63, 3.8) is 0 Å². The molecular formula is C16H13BrFNS. The molecular weight excluding hydrogens is 337 g/mol. The average molecular weight is 350 g/mol. The van der Waals surface area contributed by atoms with Crippen LogP contribution in [0.15, 0.2) is 53.0 Å². The maximum Gasteiger partial charge on any atom is 0.137 e. The Bertz CT molecular complexity index is 720. The van der Waals surface area contributed by atoms with Gasteiger partial charge in [-0.2, -0.15) is 0 Å². The van der Waals surface area contributed by atoms with Crippen LogP contribution in [0.3, 0.4) is 0 Å². The smallest absolute Gasteiger partial charge is 0.137 e. The van der Waals surface area contributed by atoms with E-state index in [9.17, 15) is 4.39 Å².